The first-order valence-electron chi connectivity index (χ1n) is 4.83. The van der Waals surface area contributed by atoms with Crippen molar-refractivity contribution in [3.8, 4) is 0 Å². The smallest absolute Gasteiger partial charge is 0.354 e. The second-order valence-electron chi connectivity index (χ2n) is 3.73. The van der Waals surface area contributed by atoms with Gasteiger partial charge in [-0.15, -0.1) is 0 Å². The molecule has 7 heteroatoms. The molecule has 0 spiro atoms. The second kappa shape index (κ2) is 3.93. The number of aliphatic hydroxyl groups is 1. The number of aromatic carboxylic acids is 1. The molecule has 0 radical (unpaired) electrons. The number of amides is 1. The molecule has 1 aliphatic rings. The third kappa shape index (κ3) is 1.89. The van der Waals surface area contributed by atoms with E-state index in [0.29, 0.717) is 12.8 Å². The topological polar surface area (TPSA) is 115 Å². The Bertz CT molecular complexity index is 422. The number of aliphatic hydroxyl groups excluding tert-OH is 1. The minimum Gasteiger partial charge on any atom is -0.477 e. The number of carbonyl (C=O) groups excluding carboxylic acids is 1. The number of aromatic nitrogens is 2. The van der Waals surface area contributed by atoms with Crippen molar-refractivity contribution in [2.75, 3.05) is 0 Å². The fraction of sp³-hybridized carbons (Fsp3) is 0.444. The molecule has 0 saturated heterocycles. The van der Waals surface area contributed by atoms with Crippen molar-refractivity contribution < 1.29 is 19.8 Å². The number of hydrogen-bond acceptors (Lipinski definition) is 4. The first-order valence-corrected chi connectivity index (χ1v) is 4.83. The Labute approximate surface area is 90.5 Å². The third-order valence-corrected chi connectivity index (χ3v) is 2.52. The maximum Gasteiger partial charge on any atom is 0.354 e. The van der Waals surface area contributed by atoms with Gasteiger partial charge in [0, 0.05) is 6.04 Å². The van der Waals surface area contributed by atoms with E-state index in [1.54, 1.807) is 0 Å². The fourth-order valence-electron chi connectivity index (χ4n) is 1.59. The molecule has 7 nitrogen and oxygen atoms in total. The summed E-state index contributed by atoms with van der Waals surface area (Å²) in [5, 5.41) is 20.4. The zero-order valence-corrected chi connectivity index (χ0v) is 8.30. The van der Waals surface area contributed by atoms with Crippen LogP contribution in [-0.4, -0.2) is 44.2 Å². The molecule has 2 rings (SSSR count). The highest BCUT2D eigenvalue weighted by Crippen LogP contribution is 2.19. The molecule has 0 atom stereocenters. The zero-order valence-electron chi connectivity index (χ0n) is 8.30. The lowest BCUT2D eigenvalue weighted by Crippen LogP contribution is -2.47. The summed E-state index contributed by atoms with van der Waals surface area (Å²) >= 11 is 0. The minimum atomic E-state index is -1.23. The highest BCUT2D eigenvalue weighted by Gasteiger charge is 2.30. The van der Waals surface area contributed by atoms with Crippen molar-refractivity contribution in [2.24, 2.45) is 0 Å². The van der Waals surface area contributed by atoms with E-state index in [0.717, 1.165) is 6.33 Å². The molecule has 0 aromatic carbocycles. The van der Waals surface area contributed by atoms with Crippen molar-refractivity contribution in [2.45, 2.75) is 25.0 Å². The SMILES string of the molecule is O=C(NC1CC(O)C1)c1nc[nH]c1C(=O)O. The van der Waals surface area contributed by atoms with Crippen LogP contribution >= 0.6 is 0 Å². The number of nitrogens with one attached hydrogen (secondary N) is 2. The van der Waals surface area contributed by atoms with Crippen LogP contribution < -0.4 is 5.32 Å². The van der Waals surface area contributed by atoms with E-state index < -0.39 is 11.9 Å². The zero-order chi connectivity index (χ0) is 11.7. The number of nitrogens with zero attached hydrogens (tertiary/aromatic N) is 1. The predicted octanol–water partition coefficient (Wildman–Crippen LogP) is -0.639. The Balaban J connectivity index is 2.03. The summed E-state index contributed by atoms with van der Waals surface area (Å²) in [6.07, 6.45) is 1.79. The third-order valence-electron chi connectivity index (χ3n) is 2.52. The summed E-state index contributed by atoms with van der Waals surface area (Å²) in [5.74, 6) is -1.76. The van der Waals surface area contributed by atoms with Gasteiger partial charge in [-0.05, 0) is 12.8 Å². The highest BCUT2D eigenvalue weighted by molar-refractivity contribution is 6.02. The summed E-state index contributed by atoms with van der Waals surface area (Å²) in [7, 11) is 0. The lowest BCUT2D eigenvalue weighted by molar-refractivity contribution is 0.0554. The largest absolute Gasteiger partial charge is 0.477 e. The molecule has 0 unspecified atom stereocenters. The summed E-state index contributed by atoms with van der Waals surface area (Å²) in [5.41, 5.74) is -0.355. The first kappa shape index (κ1) is 10.6. The normalized spacial score (nSPS) is 23.6. The molecule has 1 aromatic rings. The van der Waals surface area contributed by atoms with Gasteiger partial charge in [0.15, 0.2) is 11.4 Å². The van der Waals surface area contributed by atoms with Gasteiger partial charge in [-0.25, -0.2) is 9.78 Å². The van der Waals surface area contributed by atoms with Gasteiger partial charge in [0.1, 0.15) is 0 Å². The van der Waals surface area contributed by atoms with Gasteiger partial charge in [-0.1, -0.05) is 0 Å². The molecule has 86 valence electrons. The van der Waals surface area contributed by atoms with Gasteiger partial charge >= 0.3 is 5.97 Å². The molecular weight excluding hydrogens is 214 g/mol. The van der Waals surface area contributed by atoms with Gasteiger partial charge in [0.2, 0.25) is 0 Å². The molecule has 1 aromatic heterocycles. The van der Waals surface area contributed by atoms with Crippen LogP contribution in [0.4, 0.5) is 0 Å². The van der Waals surface area contributed by atoms with Crippen LogP contribution in [0.2, 0.25) is 0 Å². The fourth-order valence-corrected chi connectivity index (χ4v) is 1.59. The number of carbonyl (C=O) groups is 2. The Morgan fingerprint density at radius 3 is 2.75 bits per heavy atom. The maximum atomic E-state index is 11.6. The van der Waals surface area contributed by atoms with Crippen LogP contribution in [0.3, 0.4) is 0 Å². The Morgan fingerprint density at radius 2 is 2.19 bits per heavy atom. The summed E-state index contributed by atoms with van der Waals surface area (Å²) in [6, 6.07) is -0.0964. The van der Waals surface area contributed by atoms with Gasteiger partial charge < -0.3 is 20.5 Å². The number of rotatable bonds is 3. The Morgan fingerprint density at radius 1 is 1.50 bits per heavy atom. The van der Waals surface area contributed by atoms with Gasteiger partial charge in [-0.3, -0.25) is 4.79 Å². The second-order valence-corrected chi connectivity index (χ2v) is 3.73. The monoisotopic (exact) mass is 225 g/mol. The summed E-state index contributed by atoms with van der Waals surface area (Å²) < 4.78 is 0. The highest BCUT2D eigenvalue weighted by atomic mass is 16.4. The summed E-state index contributed by atoms with van der Waals surface area (Å²) in [6.45, 7) is 0. The van der Waals surface area contributed by atoms with Crippen molar-refractivity contribution in [3.63, 3.8) is 0 Å². The number of aromatic amines is 1. The maximum absolute atomic E-state index is 11.6. The van der Waals surface area contributed by atoms with E-state index in [-0.39, 0.29) is 23.5 Å². The molecule has 1 fully saturated rings. The van der Waals surface area contributed by atoms with E-state index in [1.807, 2.05) is 0 Å². The van der Waals surface area contributed by atoms with E-state index in [1.165, 1.54) is 0 Å². The van der Waals surface area contributed by atoms with E-state index in [4.69, 9.17) is 10.2 Å². The molecule has 0 aliphatic heterocycles. The predicted molar refractivity (Wildman–Crippen MR) is 52.0 cm³/mol. The number of carboxylic acid groups (broad SMARTS) is 1. The average Bonchev–Trinajstić information content (AvgIpc) is 2.63. The van der Waals surface area contributed by atoms with Gasteiger partial charge in [-0.2, -0.15) is 0 Å². The van der Waals surface area contributed by atoms with Crippen LogP contribution in [0.1, 0.15) is 33.8 Å². The van der Waals surface area contributed by atoms with Crippen molar-refractivity contribution in [3.05, 3.63) is 17.7 Å². The number of carboxylic acids is 1. The minimum absolute atomic E-state index is 0.0964. The molecule has 1 aliphatic carbocycles. The standard InChI is InChI=1S/C9H11N3O4/c13-5-1-4(2-5)12-8(14)6-7(9(15)16)11-3-10-6/h3-5,13H,1-2H2,(H,10,11)(H,12,14)(H,15,16). The van der Waals surface area contributed by atoms with Crippen LogP contribution in [0.5, 0.6) is 0 Å². The summed E-state index contributed by atoms with van der Waals surface area (Å²) in [4.78, 5) is 28.4. The number of hydrogen-bond donors (Lipinski definition) is 4. The molecular formula is C9H11N3O4. The Hall–Kier alpha value is -1.89. The van der Waals surface area contributed by atoms with E-state index in [2.05, 4.69) is 15.3 Å². The number of imidazole rings is 1. The van der Waals surface area contributed by atoms with E-state index in [9.17, 15) is 9.59 Å². The van der Waals surface area contributed by atoms with E-state index >= 15 is 0 Å². The number of H-pyrrole nitrogens is 1. The van der Waals surface area contributed by atoms with Crippen LogP contribution in [0, 0.1) is 0 Å². The van der Waals surface area contributed by atoms with Gasteiger partial charge in [0.05, 0.1) is 12.4 Å². The molecule has 1 heterocycles. The Kier molecular flexibility index (Phi) is 2.61. The van der Waals surface area contributed by atoms with Gasteiger partial charge in [0.25, 0.3) is 5.91 Å². The van der Waals surface area contributed by atoms with Crippen LogP contribution in [0.25, 0.3) is 0 Å². The molecule has 1 amide bonds. The first-order chi connectivity index (χ1) is 7.58. The van der Waals surface area contributed by atoms with Crippen molar-refractivity contribution in [1.29, 1.82) is 0 Å². The molecule has 16 heavy (non-hydrogen) atoms. The van der Waals surface area contributed by atoms with Crippen LogP contribution in [-0.2, 0) is 0 Å². The average molecular weight is 225 g/mol. The quantitative estimate of drug-likeness (QED) is 0.546. The van der Waals surface area contributed by atoms with Crippen molar-refractivity contribution >= 4 is 11.9 Å². The lowest BCUT2D eigenvalue weighted by atomic mass is 9.89. The van der Waals surface area contributed by atoms with Crippen molar-refractivity contribution in [1.82, 2.24) is 15.3 Å². The molecule has 1 saturated carbocycles. The molecule has 4 N–H and O–H groups in total. The molecule has 0 bridgehead atoms. The lowest BCUT2D eigenvalue weighted by Gasteiger charge is -2.31. The van der Waals surface area contributed by atoms with Crippen LogP contribution in [0.15, 0.2) is 6.33 Å².